The molecule has 0 unspecified atom stereocenters. The Morgan fingerprint density at radius 2 is 1.85 bits per heavy atom. The standard InChI is InChI=1S/C18H28FN3O3S/c1-3-18(4-2,13-20)21-17(23)14-9-11-22(12-10-14)26(24,25)16-8-6-5-7-15(16)19/h5-8,14H,3-4,9-13,20H2,1-2H3,(H,21,23). The first-order valence-corrected chi connectivity index (χ1v) is 10.5. The van der Waals surface area contributed by atoms with E-state index in [9.17, 15) is 17.6 Å². The largest absolute Gasteiger partial charge is 0.349 e. The molecule has 2 rings (SSSR count). The molecular formula is C18H28FN3O3S. The zero-order valence-corrected chi connectivity index (χ0v) is 16.2. The van der Waals surface area contributed by atoms with E-state index in [0.29, 0.717) is 19.4 Å². The molecule has 1 aromatic carbocycles. The zero-order valence-electron chi connectivity index (χ0n) is 15.4. The van der Waals surface area contributed by atoms with Gasteiger partial charge in [-0.3, -0.25) is 4.79 Å². The molecule has 1 fully saturated rings. The monoisotopic (exact) mass is 385 g/mol. The van der Waals surface area contributed by atoms with Crippen LogP contribution in [0, 0.1) is 11.7 Å². The summed E-state index contributed by atoms with van der Waals surface area (Å²) < 4.78 is 40.4. The van der Waals surface area contributed by atoms with Crippen molar-refractivity contribution in [1.29, 1.82) is 0 Å². The number of amides is 1. The molecule has 3 N–H and O–H groups in total. The Bertz CT molecular complexity index is 719. The van der Waals surface area contributed by atoms with Gasteiger partial charge in [0, 0.05) is 25.6 Å². The molecule has 0 saturated carbocycles. The Kier molecular flexibility index (Phi) is 6.76. The number of rotatable bonds is 7. The van der Waals surface area contributed by atoms with Gasteiger partial charge in [0.15, 0.2) is 0 Å². The normalized spacial score (nSPS) is 17.2. The van der Waals surface area contributed by atoms with Crippen LogP contribution in [-0.4, -0.2) is 43.8 Å². The molecule has 26 heavy (non-hydrogen) atoms. The number of hydrogen-bond acceptors (Lipinski definition) is 4. The summed E-state index contributed by atoms with van der Waals surface area (Å²) in [6.45, 7) is 4.73. The Labute approximate surface area is 155 Å². The summed E-state index contributed by atoms with van der Waals surface area (Å²) in [6.07, 6.45) is 2.31. The van der Waals surface area contributed by atoms with Crippen LogP contribution in [0.5, 0.6) is 0 Å². The number of nitrogens with one attached hydrogen (secondary N) is 1. The smallest absolute Gasteiger partial charge is 0.245 e. The second kappa shape index (κ2) is 8.45. The Morgan fingerprint density at radius 3 is 2.35 bits per heavy atom. The fourth-order valence-corrected chi connectivity index (χ4v) is 4.82. The van der Waals surface area contributed by atoms with E-state index in [0.717, 1.165) is 18.9 Å². The number of nitrogens with two attached hydrogens (primary N) is 1. The van der Waals surface area contributed by atoms with E-state index in [1.807, 2.05) is 13.8 Å². The summed E-state index contributed by atoms with van der Waals surface area (Å²) in [4.78, 5) is 12.3. The summed E-state index contributed by atoms with van der Waals surface area (Å²) in [5.74, 6) is -1.10. The molecule has 8 heteroatoms. The summed E-state index contributed by atoms with van der Waals surface area (Å²) in [5, 5.41) is 3.05. The minimum atomic E-state index is -3.88. The van der Waals surface area contributed by atoms with Gasteiger partial charge >= 0.3 is 0 Å². The average Bonchev–Trinajstić information content (AvgIpc) is 2.66. The SMILES string of the molecule is CCC(CC)(CN)NC(=O)C1CCN(S(=O)(=O)c2ccccc2F)CC1. The van der Waals surface area contributed by atoms with Crippen molar-refractivity contribution in [3.63, 3.8) is 0 Å². The lowest BCUT2D eigenvalue weighted by Crippen LogP contribution is -2.55. The fourth-order valence-electron chi connectivity index (χ4n) is 3.28. The van der Waals surface area contributed by atoms with Crippen molar-refractivity contribution >= 4 is 15.9 Å². The Morgan fingerprint density at radius 1 is 1.27 bits per heavy atom. The molecule has 1 aliphatic rings. The highest BCUT2D eigenvalue weighted by atomic mass is 32.2. The van der Waals surface area contributed by atoms with Gasteiger partial charge in [0.25, 0.3) is 0 Å². The quantitative estimate of drug-likeness (QED) is 0.749. The van der Waals surface area contributed by atoms with Crippen molar-refractivity contribution in [2.45, 2.75) is 50.0 Å². The molecule has 0 spiro atoms. The lowest BCUT2D eigenvalue weighted by molar-refractivity contribution is -0.128. The molecule has 0 bridgehead atoms. The topological polar surface area (TPSA) is 92.5 Å². The number of piperidine rings is 1. The van der Waals surface area contributed by atoms with Crippen LogP contribution in [0.1, 0.15) is 39.5 Å². The van der Waals surface area contributed by atoms with Crippen LogP contribution in [0.15, 0.2) is 29.2 Å². The van der Waals surface area contributed by atoms with Gasteiger partial charge in [-0.15, -0.1) is 0 Å². The van der Waals surface area contributed by atoms with E-state index in [1.165, 1.54) is 22.5 Å². The lowest BCUT2D eigenvalue weighted by atomic mass is 9.90. The predicted octanol–water partition coefficient (Wildman–Crippen LogP) is 1.86. The van der Waals surface area contributed by atoms with Crippen LogP contribution in [0.4, 0.5) is 4.39 Å². The van der Waals surface area contributed by atoms with Gasteiger partial charge in [0.2, 0.25) is 15.9 Å². The predicted molar refractivity (Wildman–Crippen MR) is 98.4 cm³/mol. The number of hydrogen-bond donors (Lipinski definition) is 2. The van der Waals surface area contributed by atoms with E-state index < -0.39 is 21.4 Å². The van der Waals surface area contributed by atoms with Crippen LogP contribution in [0.25, 0.3) is 0 Å². The van der Waals surface area contributed by atoms with Crippen molar-refractivity contribution in [2.24, 2.45) is 11.7 Å². The summed E-state index contributed by atoms with van der Waals surface area (Å²) >= 11 is 0. The molecule has 0 radical (unpaired) electrons. The van der Waals surface area contributed by atoms with Crippen molar-refractivity contribution in [3.05, 3.63) is 30.1 Å². The van der Waals surface area contributed by atoms with Gasteiger partial charge in [0.1, 0.15) is 10.7 Å². The van der Waals surface area contributed by atoms with Crippen LogP contribution >= 0.6 is 0 Å². The third-order valence-electron chi connectivity index (χ3n) is 5.41. The number of benzene rings is 1. The van der Waals surface area contributed by atoms with Crippen molar-refractivity contribution < 1.29 is 17.6 Å². The number of carbonyl (C=O) groups is 1. The molecule has 0 aromatic heterocycles. The molecule has 1 heterocycles. The Balaban J connectivity index is 2.03. The van der Waals surface area contributed by atoms with Crippen LogP contribution in [0.2, 0.25) is 0 Å². The second-order valence-electron chi connectivity index (χ2n) is 6.79. The number of nitrogens with zero attached hydrogens (tertiary/aromatic N) is 1. The molecule has 0 atom stereocenters. The van der Waals surface area contributed by atoms with E-state index in [2.05, 4.69) is 5.32 Å². The second-order valence-corrected chi connectivity index (χ2v) is 8.70. The highest BCUT2D eigenvalue weighted by Gasteiger charge is 2.35. The summed E-state index contributed by atoms with van der Waals surface area (Å²) in [6, 6.07) is 5.35. The van der Waals surface area contributed by atoms with Crippen molar-refractivity contribution in [2.75, 3.05) is 19.6 Å². The first-order valence-electron chi connectivity index (χ1n) is 9.06. The molecule has 1 amide bonds. The van der Waals surface area contributed by atoms with Gasteiger partial charge in [0.05, 0.1) is 5.54 Å². The van der Waals surface area contributed by atoms with E-state index in [1.54, 1.807) is 0 Å². The van der Waals surface area contributed by atoms with E-state index >= 15 is 0 Å². The molecule has 1 aromatic rings. The third kappa shape index (κ3) is 4.24. The first-order chi connectivity index (χ1) is 12.3. The highest BCUT2D eigenvalue weighted by Crippen LogP contribution is 2.26. The van der Waals surface area contributed by atoms with Gasteiger partial charge in [-0.25, -0.2) is 12.8 Å². The minimum Gasteiger partial charge on any atom is -0.349 e. The average molecular weight is 386 g/mol. The number of carbonyl (C=O) groups excluding carboxylic acids is 1. The maximum absolute atomic E-state index is 13.9. The van der Waals surface area contributed by atoms with Crippen LogP contribution < -0.4 is 11.1 Å². The number of halogens is 1. The molecular weight excluding hydrogens is 357 g/mol. The van der Waals surface area contributed by atoms with Gasteiger partial charge in [-0.2, -0.15) is 4.31 Å². The molecule has 146 valence electrons. The summed E-state index contributed by atoms with van der Waals surface area (Å²) in [5.41, 5.74) is 5.42. The van der Waals surface area contributed by atoms with E-state index in [-0.39, 0.29) is 29.8 Å². The molecule has 6 nitrogen and oxygen atoms in total. The van der Waals surface area contributed by atoms with Crippen LogP contribution in [0.3, 0.4) is 0 Å². The molecule has 0 aliphatic carbocycles. The number of sulfonamides is 1. The van der Waals surface area contributed by atoms with Crippen molar-refractivity contribution in [1.82, 2.24) is 9.62 Å². The third-order valence-corrected chi connectivity index (χ3v) is 7.34. The van der Waals surface area contributed by atoms with Gasteiger partial charge in [-0.1, -0.05) is 26.0 Å². The Hall–Kier alpha value is -1.51. The van der Waals surface area contributed by atoms with Gasteiger partial charge in [-0.05, 0) is 37.8 Å². The maximum Gasteiger partial charge on any atom is 0.245 e. The van der Waals surface area contributed by atoms with Crippen molar-refractivity contribution in [3.8, 4) is 0 Å². The minimum absolute atomic E-state index is 0.0814. The van der Waals surface area contributed by atoms with E-state index in [4.69, 9.17) is 5.73 Å². The molecule has 1 aliphatic heterocycles. The maximum atomic E-state index is 13.9. The highest BCUT2D eigenvalue weighted by molar-refractivity contribution is 7.89. The van der Waals surface area contributed by atoms with Gasteiger partial charge < -0.3 is 11.1 Å². The van der Waals surface area contributed by atoms with Crippen LogP contribution in [-0.2, 0) is 14.8 Å². The first kappa shape index (κ1) is 20.8. The fraction of sp³-hybridized carbons (Fsp3) is 0.611. The lowest BCUT2D eigenvalue weighted by Gasteiger charge is -2.35. The summed E-state index contributed by atoms with van der Waals surface area (Å²) in [7, 11) is -3.88. The zero-order chi connectivity index (χ0) is 19.4. The molecule has 1 saturated heterocycles.